The van der Waals surface area contributed by atoms with E-state index in [1.807, 2.05) is 24.3 Å². The number of amides is 1. The summed E-state index contributed by atoms with van der Waals surface area (Å²) in [6, 6.07) is 7.65. The van der Waals surface area contributed by atoms with Crippen molar-refractivity contribution in [3.05, 3.63) is 41.6 Å². The number of nitrogens with two attached hydrogens (primary N) is 1. The average molecular weight is 416 g/mol. The van der Waals surface area contributed by atoms with E-state index in [1.54, 1.807) is 11.8 Å². The largest absolute Gasteiger partial charge is 0.462 e. The molecule has 0 atom stereocenters. The molecule has 1 aliphatic heterocycles. The molecular weight excluding hydrogens is 396 g/mol. The highest BCUT2D eigenvalue weighted by atomic mass is 32.2. The first-order valence-corrected chi connectivity index (χ1v) is 9.94. The molecule has 0 bridgehead atoms. The summed E-state index contributed by atoms with van der Waals surface area (Å²) >= 11 is 0.995. The Kier molecular flexibility index (Phi) is 6.65. The summed E-state index contributed by atoms with van der Waals surface area (Å²) < 4.78 is 9.91. The number of ether oxygens (including phenoxy) is 2. The highest BCUT2D eigenvalue weighted by Gasteiger charge is 2.25. The van der Waals surface area contributed by atoms with Gasteiger partial charge in [0.25, 0.3) is 5.91 Å². The quantitative estimate of drug-likeness (QED) is 0.406. The number of fused-ring (bicyclic) bond motifs is 1. The van der Waals surface area contributed by atoms with E-state index in [2.05, 4.69) is 9.97 Å². The van der Waals surface area contributed by atoms with Gasteiger partial charge in [0.1, 0.15) is 11.4 Å². The molecule has 1 aromatic heterocycles. The van der Waals surface area contributed by atoms with E-state index in [0.717, 1.165) is 29.4 Å². The van der Waals surface area contributed by atoms with Crippen LogP contribution in [0.1, 0.15) is 22.8 Å². The van der Waals surface area contributed by atoms with E-state index < -0.39 is 11.9 Å². The summed E-state index contributed by atoms with van der Waals surface area (Å²) in [5, 5.41) is 0.215. The maximum atomic E-state index is 12.3. The van der Waals surface area contributed by atoms with Crippen LogP contribution in [-0.4, -0.2) is 53.3 Å². The van der Waals surface area contributed by atoms with Crippen molar-refractivity contribution in [1.29, 1.82) is 0 Å². The minimum atomic E-state index is -0.608. The maximum absolute atomic E-state index is 12.3. The fourth-order valence-electron chi connectivity index (χ4n) is 2.80. The number of anilines is 2. The van der Waals surface area contributed by atoms with Gasteiger partial charge in [-0.3, -0.25) is 9.59 Å². The minimum absolute atomic E-state index is 0.0304. The van der Waals surface area contributed by atoms with E-state index in [1.165, 1.54) is 6.20 Å². The number of hydrogen-bond acceptors (Lipinski definition) is 9. The zero-order valence-corrected chi connectivity index (χ0v) is 16.6. The topological polar surface area (TPSA) is 125 Å². The predicted molar refractivity (Wildman–Crippen MR) is 107 cm³/mol. The van der Waals surface area contributed by atoms with Crippen LogP contribution in [0.5, 0.6) is 0 Å². The molecule has 10 heteroatoms. The van der Waals surface area contributed by atoms with Gasteiger partial charge in [0.05, 0.1) is 12.4 Å². The Balaban J connectivity index is 1.47. The van der Waals surface area contributed by atoms with Gasteiger partial charge in [-0.05, 0) is 25.0 Å². The van der Waals surface area contributed by atoms with E-state index in [0.29, 0.717) is 6.54 Å². The lowest BCUT2D eigenvalue weighted by Crippen LogP contribution is -2.33. The van der Waals surface area contributed by atoms with Crippen LogP contribution in [0, 0.1) is 0 Å². The van der Waals surface area contributed by atoms with Crippen LogP contribution in [0.4, 0.5) is 11.5 Å². The summed E-state index contributed by atoms with van der Waals surface area (Å²) in [5.41, 5.74) is 7.76. The molecule has 0 unspecified atom stereocenters. The smallest absolute Gasteiger partial charge is 0.343 e. The Hall–Kier alpha value is -3.14. The number of carbonyl (C=O) groups excluding carboxylic acids is 3. The molecule has 0 spiro atoms. The van der Waals surface area contributed by atoms with Gasteiger partial charge in [0.15, 0.2) is 11.8 Å². The predicted octanol–water partition coefficient (Wildman–Crippen LogP) is 1.46. The SMILES string of the molecule is CCOC(=O)c1cnc(SCC(=O)OCC(=O)N2CCc3ccccc32)nc1N. The number of thioether (sulfide) groups is 1. The fourth-order valence-corrected chi connectivity index (χ4v) is 3.42. The summed E-state index contributed by atoms with van der Waals surface area (Å²) in [6.45, 7) is 2.13. The van der Waals surface area contributed by atoms with Crippen LogP contribution in [0.2, 0.25) is 0 Å². The zero-order valence-electron chi connectivity index (χ0n) is 15.8. The first-order chi connectivity index (χ1) is 14.0. The number of esters is 2. The standard InChI is InChI=1S/C19H20N4O5S/c1-2-27-18(26)13-9-21-19(22-17(13)20)29-11-16(25)28-10-15(24)23-8-7-12-5-3-4-6-14(12)23/h3-6,9H,2,7-8,10-11H2,1H3,(H2,20,21,22). The van der Waals surface area contributed by atoms with Gasteiger partial charge in [-0.15, -0.1) is 0 Å². The first-order valence-electron chi connectivity index (χ1n) is 8.96. The van der Waals surface area contributed by atoms with Gasteiger partial charge in [-0.1, -0.05) is 30.0 Å². The molecule has 1 amide bonds. The van der Waals surface area contributed by atoms with Crippen molar-refractivity contribution < 1.29 is 23.9 Å². The number of carbonyl (C=O) groups is 3. The van der Waals surface area contributed by atoms with Crippen LogP contribution >= 0.6 is 11.8 Å². The Labute approximate surface area is 171 Å². The second-order valence-corrected chi connectivity index (χ2v) is 6.99. The molecule has 152 valence electrons. The lowest BCUT2D eigenvalue weighted by Gasteiger charge is -2.17. The van der Waals surface area contributed by atoms with E-state index in [-0.39, 0.29) is 41.4 Å². The Morgan fingerprint density at radius 2 is 2.03 bits per heavy atom. The highest BCUT2D eigenvalue weighted by Crippen LogP contribution is 2.27. The van der Waals surface area contributed by atoms with Crippen molar-refractivity contribution >= 4 is 41.1 Å². The van der Waals surface area contributed by atoms with Crippen molar-refractivity contribution in [3.8, 4) is 0 Å². The lowest BCUT2D eigenvalue weighted by atomic mass is 10.2. The summed E-state index contributed by atoms with van der Waals surface area (Å²) in [6.07, 6.45) is 2.04. The third kappa shape index (κ3) is 5.02. The number of nitrogens with zero attached hydrogens (tertiary/aromatic N) is 3. The van der Waals surface area contributed by atoms with Crippen LogP contribution in [0.15, 0.2) is 35.6 Å². The van der Waals surface area contributed by atoms with Crippen molar-refractivity contribution in [2.75, 3.05) is 36.1 Å². The van der Waals surface area contributed by atoms with Gasteiger partial charge >= 0.3 is 11.9 Å². The van der Waals surface area contributed by atoms with Gasteiger partial charge in [0.2, 0.25) is 0 Å². The number of benzene rings is 1. The first kappa shape index (κ1) is 20.6. The van der Waals surface area contributed by atoms with Crippen molar-refractivity contribution in [2.24, 2.45) is 0 Å². The highest BCUT2D eigenvalue weighted by molar-refractivity contribution is 7.99. The van der Waals surface area contributed by atoms with Crippen LogP contribution < -0.4 is 10.6 Å². The number of aromatic nitrogens is 2. The van der Waals surface area contributed by atoms with E-state index in [9.17, 15) is 14.4 Å². The van der Waals surface area contributed by atoms with Crippen molar-refractivity contribution in [2.45, 2.75) is 18.5 Å². The molecule has 29 heavy (non-hydrogen) atoms. The maximum Gasteiger partial charge on any atom is 0.343 e. The normalized spacial score (nSPS) is 12.4. The molecule has 9 nitrogen and oxygen atoms in total. The molecule has 0 saturated carbocycles. The number of rotatable bonds is 7. The van der Waals surface area contributed by atoms with E-state index in [4.69, 9.17) is 15.2 Å². The van der Waals surface area contributed by atoms with Crippen LogP contribution in [0.25, 0.3) is 0 Å². The second-order valence-electron chi connectivity index (χ2n) is 6.05. The minimum Gasteiger partial charge on any atom is -0.462 e. The molecule has 2 heterocycles. The van der Waals surface area contributed by atoms with Gasteiger partial charge in [-0.2, -0.15) is 0 Å². The molecule has 2 aromatic rings. The third-order valence-corrected chi connectivity index (χ3v) is 4.99. The number of nitrogen functional groups attached to an aromatic ring is 1. The summed E-state index contributed by atoms with van der Waals surface area (Å²) in [4.78, 5) is 45.6. The monoisotopic (exact) mass is 416 g/mol. The van der Waals surface area contributed by atoms with Gasteiger partial charge in [0, 0.05) is 18.4 Å². The Morgan fingerprint density at radius 3 is 2.79 bits per heavy atom. The fraction of sp³-hybridized carbons (Fsp3) is 0.316. The Bertz CT molecular complexity index is 937. The van der Waals surface area contributed by atoms with Crippen LogP contribution in [0.3, 0.4) is 0 Å². The van der Waals surface area contributed by atoms with E-state index >= 15 is 0 Å². The molecule has 3 rings (SSSR count). The van der Waals surface area contributed by atoms with Crippen molar-refractivity contribution in [3.63, 3.8) is 0 Å². The number of hydrogen-bond donors (Lipinski definition) is 1. The van der Waals surface area contributed by atoms with Gasteiger partial charge < -0.3 is 20.1 Å². The zero-order chi connectivity index (χ0) is 20.8. The molecule has 0 saturated heterocycles. The number of para-hydroxylation sites is 1. The molecule has 0 radical (unpaired) electrons. The molecule has 1 aliphatic rings. The molecular formula is C19H20N4O5S. The average Bonchev–Trinajstić information content (AvgIpc) is 3.15. The molecule has 0 fully saturated rings. The molecule has 0 aliphatic carbocycles. The molecule has 1 aromatic carbocycles. The third-order valence-electron chi connectivity index (χ3n) is 4.16. The van der Waals surface area contributed by atoms with Crippen molar-refractivity contribution in [1.82, 2.24) is 9.97 Å². The molecule has 2 N–H and O–H groups in total. The summed E-state index contributed by atoms with van der Waals surface area (Å²) in [5.74, 6) is -1.58. The lowest BCUT2D eigenvalue weighted by molar-refractivity contribution is -0.145. The summed E-state index contributed by atoms with van der Waals surface area (Å²) in [7, 11) is 0. The Morgan fingerprint density at radius 1 is 1.24 bits per heavy atom. The van der Waals surface area contributed by atoms with Crippen LogP contribution in [-0.2, 0) is 25.5 Å². The van der Waals surface area contributed by atoms with Gasteiger partial charge in [-0.25, -0.2) is 14.8 Å². The second kappa shape index (κ2) is 9.37.